The molecule has 1 saturated carbocycles. The summed E-state index contributed by atoms with van der Waals surface area (Å²) in [5.74, 6) is 0.983. The summed E-state index contributed by atoms with van der Waals surface area (Å²) in [5, 5.41) is 3.09. The summed E-state index contributed by atoms with van der Waals surface area (Å²) in [6.07, 6.45) is 2.93. The van der Waals surface area contributed by atoms with Crippen LogP contribution in [0.1, 0.15) is 32.3 Å². The fourth-order valence-corrected chi connectivity index (χ4v) is 4.26. The van der Waals surface area contributed by atoms with E-state index in [9.17, 15) is 8.42 Å². The van der Waals surface area contributed by atoms with Gasteiger partial charge in [-0.3, -0.25) is 0 Å². The van der Waals surface area contributed by atoms with Crippen molar-refractivity contribution in [1.29, 1.82) is 0 Å². The standard InChI is InChI=1S/C16H26N2O2S/c1-12-4-9-16(13(12)2)18-21(19,20)15-7-5-14(6-8-15)10-11-17-3/h5-8,12-13,16-18H,4,9-11H2,1-3H3. The second-order valence-corrected chi connectivity index (χ2v) is 7.85. The molecule has 0 spiro atoms. The Kier molecular flexibility index (Phi) is 5.41. The van der Waals surface area contributed by atoms with Crippen molar-refractivity contribution in [2.75, 3.05) is 13.6 Å². The lowest BCUT2D eigenvalue weighted by Gasteiger charge is -2.19. The second kappa shape index (κ2) is 6.90. The van der Waals surface area contributed by atoms with Crippen LogP contribution >= 0.6 is 0 Å². The van der Waals surface area contributed by atoms with Crippen molar-refractivity contribution in [2.45, 2.75) is 44.0 Å². The van der Waals surface area contributed by atoms with Gasteiger partial charge in [0.25, 0.3) is 0 Å². The number of nitrogens with one attached hydrogen (secondary N) is 2. The highest BCUT2D eigenvalue weighted by atomic mass is 32.2. The Morgan fingerprint density at radius 2 is 1.81 bits per heavy atom. The molecule has 2 N–H and O–H groups in total. The van der Waals surface area contributed by atoms with Crippen LogP contribution in [0.15, 0.2) is 29.2 Å². The molecule has 0 aliphatic heterocycles. The molecule has 0 amide bonds. The molecule has 4 nitrogen and oxygen atoms in total. The first-order valence-corrected chi connectivity index (χ1v) is 9.18. The normalized spacial score (nSPS) is 26.1. The van der Waals surface area contributed by atoms with E-state index in [1.54, 1.807) is 12.1 Å². The molecule has 0 radical (unpaired) electrons. The van der Waals surface area contributed by atoms with Crippen LogP contribution in [0.2, 0.25) is 0 Å². The molecular weight excluding hydrogens is 284 g/mol. The average molecular weight is 310 g/mol. The van der Waals surface area contributed by atoms with Crippen molar-refractivity contribution < 1.29 is 8.42 Å². The maximum atomic E-state index is 12.4. The summed E-state index contributed by atoms with van der Waals surface area (Å²) < 4.78 is 27.8. The molecule has 5 heteroatoms. The molecule has 3 unspecified atom stereocenters. The first-order valence-electron chi connectivity index (χ1n) is 7.70. The molecule has 21 heavy (non-hydrogen) atoms. The van der Waals surface area contributed by atoms with E-state index in [0.29, 0.717) is 16.7 Å². The molecule has 1 aromatic rings. The third-order valence-electron chi connectivity index (χ3n) is 4.67. The van der Waals surface area contributed by atoms with Crippen molar-refractivity contribution in [2.24, 2.45) is 11.8 Å². The fourth-order valence-electron chi connectivity index (χ4n) is 2.90. The molecule has 1 aromatic carbocycles. The molecule has 1 fully saturated rings. The van der Waals surface area contributed by atoms with E-state index in [1.165, 1.54) is 0 Å². The predicted octanol–water partition coefficient (Wildman–Crippen LogP) is 2.16. The van der Waals surface area contributed by atoms with Gasteiger partial charge in [0, 0.05) is 6.04 Å². The van der Waals surface area contributed by atoms with Gasteiger partial charge in [0.2, 0.25) is 10.0 Å². The van der Waals surface area contributed by atoms with Crippen molar-refractivity contribution >= 4 is 10.0 Å². The van der Waals surface area contributed by atoms with Crippen molar-refractivity contribution in [1.82, 2.24) is 10.0 Å². The van der Waals surface area contributed by atoms with Crippen molar-refractivity contribution in [3.05, 3.63) is 29.8 Å². The van der Waals surface area contributed by atoms with Crippen LogP contribution < -0.4 is 10.0 Å². The largest absolute Gasteiger partial charge is 0.319 e. The number of hydrogen-bond acceptors (Lipinski definition) is 3. The van der Waals surface area contributed by atoms with Crippen LogP contribution in [0.3, 0.4) is 0 Å². The van der Waals surface area contributed by atoms with Crippen LogP contribution in [0.4, 0.5) is 0 Å². The molecule has 1 aliphatic rings. The topological polar surface area (TPSA) is 58.2 Å². The van der Waals surface area contributed by atoms with E-state index in [2.05, 4.69) is 23.9 Å². The Morgan fingerprint density at radius 3 is 2.33 bits per heavy atom. The smallest absolute Gasteiger partial charge is 0.240 e. The Morgan fingerprint density at radius 1 is 1.14 bits per heavy atom. The third kappa shape index (κ3) is 4.05. The van der Waals surface area contributed by atoms with Gasteiger partial charge < -0.3 is 5.32 Å². The van der Waals surface area contributed by atoms with Crippen LogP contribution in [0, 0.1) is 11.8 Å². The molecule has 1 aliphatic carbocycles. The van der Waals surface area contributed by atoms with E-state index in [1.807, 2.05) is 19.2 Å². The predicted molar refractivity (Wildman–Crippen MR) is 85.7 cm³/mol. The minimum absolute atomic E-state index is 0.0639. The zero-order chi connectivity index (χ0) is 15.5. The summed E-state index contributed by atoms with van der Waals surface area (Å²) >= 11 is 0. The molecule has 118 valence electrons. The number of hydrogen-bond donors (Lipinski definition) is 2. The van der Waals surface area contributed by atoms with E-state index in [0.717, 1.165) is 31.4 Å². The maximum Gasteiger partial charge on any atom is 0.240 e. The second-order valence-electron chi connectivity index (χ2n) is 6.14. The molecule has 0 heterocycles. The summed E-state index contributed by atoms with van der Waals surface area (Å²) in [7, 11) is -1.49. The van der Waals surface area contributed by atoms with Crippen LogP contribution in [-0.4, -0.2) is 28.1 Å². The number of benzene rings is 1. The minimum Gasteiger partial charge on any atom is -0.319 e. The Hall–Kier alpha value is -0.910. The highest BCUT2D eigenvalue weighted by molar-refractivity contribution is 7.89. The summed E-state index contributed by atoms with van der Waals surface area (Å²) in [4.78, 5) is 0.363. The Labute approximate surface area is 128 Å². The first kappa shape index (κ1) is 16.5. The van der Waals surface area contributed by atoms with Crippen LogP contribution in [-0.2, 0) is 16.4 Å². The van der Waals surface area contributed by atoms with E-state index in [-0.39, 0.29) is 6.04 Å². The minimum atomic E-state index is -3.40. The number of likely N-dealkylation sites (N-methyl/N-ethyl adjacent to an activating group) is 1. The van der Waals surface area contributed by atoms with Gasteiger partial charge >= 0.3 is 0 Å². The third-order valence-corrected chi connectivity index (χ3v) is 6.17. The summed E-state index contributed by atoms with van der Waals surface area (Å²) in [5.41, 5.74) is 1.14. The van der Waals surface area contributed by atoms with Gasteiger partial charge in [-0.1, -0.05) is 26.0 Å². The zero-order valence-electron chi connectivity index (χ0n) is 13.1. The lowest BCUT2D eigenvalue weighted by atomic mass is 9.98. The first-order chi connectivity index (χ1) is 9.94. The lowest BCUT2D eigenvalue weighted by Crippen LogP contribution is -2.37. The monoisotopic (exact) mass is 310 g/mol. The zero-order valence-corrected chi connectivity index (χ0v) is 13.9. The molecule has 3 atom stereocenters. The summed E-state index contributed by atoms with van der Waals surface area (Å²) in [6, 6.07) is 7.26. The average Bonchev–Trinajstić information content (AvgIpc) is 2.77. The Bertz CT molecular complexity index is 554. The maximum absolute atomic E-state index is 12.4. The van der Waals surface area contributed by atoms with Crippen LogP contribution in [0.5, 0.6) is 0 Å². The number of sulfonamides is 1. The molecule has 0 saturated heterocycles. The number of rotatable bonds is 6. The van der Waals surface area contributed by atoms with E-state index in [4.69, 9.17) is 0 Å². The Balaban J connectivity index is 2.05. The van der Waals surface area contributed by atoms with Gasteiger partial charge in [0.1, 0.15) is 0 Å². The molecule has 0 bridgehead atoms. The highest BCUT2D eigenvalue weighted by Gasteiger charge is 2.32. The van der Waals surface area contributed by atoms with Crippen molar-refractivity contribution in [3.63, 3.8) is 0 Å². The van der Waals surface area contributed by atoms with Gasteiger partial charge in [-0.2, -0.15) is 0 Å². The van der Waals surface area contributed by atoms with Crippen LogP contribution in [0.25, 0.3) is 0 Å². The molecule has 2 rings (SSSR count). The summed E-state index contributed by atoms with van der Waals surface area (Å²) in [6.45, 7) is 5.21. The quantitative estimate of drug-likeness (QED) is 0.846. The highest BCUT2D eigenvalue weighted by Crippen LogP contribution is 2.32. The lowest BCUT2D eigenvalue weighted by molar-refractivity contribution is 0.402. The van der Waals surface area contributed by atoms with Gasteiger partial charge in [-0.05, 0) is 62.4 Å². The fraction of sp³-hybridized carbons (Fsp3) is 0.625. The van der Waals surface area contributed by atoms with Gasteiger partial charge in [-0.15, -0.1) is 0 Å². The molecule has 0 aromatic heterocycles. The van der Waals surface area contributed by atoms with E-state index >= 15 is 0 Å². The SMILES string of the molecule is CNCCc1ccc(S(=O)(=O)NC2CCC(C)C2C)cc1. The van der Waals surface area contributed by atoms with Gasteiger partial charge in [0.15, 0.2) is 0 Å². The molecular formula is C16H26N2O2S. The van der Waals surface area contributed by atoms with Crippen molar-refractivity contribution in [3.8, 4) is 0 Å². The van der Waals surface area contributed by atoms with Gasteiger partial charge in [-0.25, -0.2) is 13.1 Å². The van der Waals surface area contributed by atoms with Gasteiger partial charge in [0.05, 0.1) is 4.90 Å². The van der Waals surface area contributed by atoms with E-state index < -0.39 is 10.0 Å².